The van der Waals surface area contributed by atoms with Crippen molar-refractivity contribution in [1.82, 2.24) is 10.3 Å². The Morgan fingerprint density at radius 2 is 1.76 bits per heavy atom. The summed E-state index contributed by atoms with van der Waals surface area (Å²) in [6, 6.07) is 13.6. The molecule has 13 heteroatoms. The molecule has 1 aromatic heterocycles. The van der Waals surface area contributed by atoms with Crippen LogP contribution in [0.15, 0.2) is 71.8 Å². The van der Waals surface area contributed by atoms with Crippen molar-refractivity contribution in [3.05, 3.63) is 89.1 Å². The first-order chi connectivity index (χ1) is 19.4. The van der Waals surface area contributed by atoms with E-state index in [1.807, 2.05) is 0 Å². The fourth-order valence-electron chi connectivity index (χ4n) is 4.68. The number of benzene rings is 2. The number of rotatable bonds is 10. The molecule has 7 nitrogen and oxygen atoms in total. The van der Waals surface area contributed by atoms with Crippen molar-refractivity contribution in [2.45, 2.75) is 49.5 Å². The minimum Gasteiger partial charge on any atom is -0.351 e. The van der Waals surface area contributed by atoms with Crippen molar-refractivity contribution in [3.63, 3.8) is 0 Å². The average molecular weight is 598 g/mol. The molecule has 1 amide bonds. The predicted octanol–water partition coefficient (Wildman–Crippen LogP) is 5.43. The maximum Gasteiger partial charge on any atom is 0.416 e. The molecule has 1 aliphatic rings. The van der Waals surface area contributed by atoms with Crippen LogP contribution in [0.1, 0.15) is 46.3 Å². The molecular weight excluding hydrogens is 569 g/mol. The van der Waals surface area contributed by atoms with Crippen LogP contribution in [0.2, 0.25) is 0 Å². The first-order valence-electron chi connectivity index (χ1n) is 12.8. The van der Waals surface area contributed by atoms with Crippen LogP contribution < -0.4 is 10.2 Å². The quantitative estimate of drug-likeness (QED) is 0.314. The van der Waals surface area contributed by atoms with Crippen LogP contribution in [0.4, 0.5) is 27.8 Å². The van der Waals surface area contributed by atoms with Gasteiger partial charge in [0.1, 0.15) is 5.82 Å². The lowest BCUT2D eigenvalue weighted by molar-refractivity contribution is -0.137. The van der Waals surface area contributed by atoms with Crippen molar-refractivity contribution in [1.29, 1.82) is 0 Å². The van der Waals surface area contributed by atoms with Gasteiger partial charge < -0.3 is 15.0 Å². The van der Waals surface area contributed by atoms with Gasteiger partial charge in [-0.3, -0.25) is 4.79 Å². The van der Waals surface area contributed by atoms with E-state index < -0.39 is 40.1 Å². The molecule has 1 aliphatic heterocycles. The van der Waals surface area contributed by atoms with Gasteiger partial charge in [-0.25, -0.2) is 13.4 Å². The third-order valence-corrected chi connectivity index (χ3v) is 8.71. The smallest absolute Gasteiger partial charge is 0.351 e. The Balaban J connectivity index is 1.42. The molecular formula is C28H28F5N3O4S. The first-order valence-corrected chi connectivity index (χ1v) is 14.4. The molecule has 1 fully saturated rings. The van der Waals surface area contributed by atoms with Crippen LogP contribution in [-0.2, 0) is 27.3 Å². The monoisotopic (exact) mass is 597 g/mol. The molecule has 2 aromatic carbocycles. The molecule has 0 bridgehead atoms. The topological polar surface area (TPSA) is 88.6 Å². The fraction of sp³-hybridized carbons (Fsp3) is 0.357. The van der Waals surface area contributed by atoms with E-state index in [1.165, 1.54) is 36.5 Å². The van der Waals surface area contributed by atoms with E-state index in [0.717, 1.165) is 12.1 Å². The number of carbonyl (C=O) groups excluding carboxylic acids is 1. The van der Waals surface area contributed by atoms with E-state index in [-0.39, 0.29) is 35.3 Å². The number of hydrogen-bond donors (Lipinski definition) is 1. The number of ether oxygens (including phenoxy) is 1. The second-order valence-corrected chi connectivity index (χ2v) is 11.9. The summed E-state index contributed by atoms with van der Waals surface area (Å²) in [6.45, 7) is -1.27. The van der Waals surface area contributed by atoms with Gasteiger partial charge in [0.05, 0.1) is 34.4 Å². The van der Waals surface area contributed by atoms with Crippen molar-refractivity contribution in [3.8, 4) is 0 Å². The number of nitrogens with one attached hydrogen (secondary N) is 1. The Morgan fingerprint density at radius 3 is 2.32 bits per heavy atom. The second kappa shape index (κ2) is 12.5. The Labute approximate surface area is 234 Å². The van der Waals surface area contributed by atoms with Crippen LogP contribution in [0.25, 0.3) is 0 Å². The molecule has 0 radical (unpaired) electrons. The van der Waals surface area contributed by atoms with Gasteiger partial charge in [-0.15, -0.1) is 0 Å². The van der Waals surface area contributed by atoms with Crippen LogP contribution >= 0.6 is 0 Å². The summed E-state index contributed by atoms with van der Waals surface area (Å²) >= 11 is 0. The van der Waals surface area contributed by atoms with Gasteiger partial charge in [-0.2, -0.15) is 22.0 Å². The highest BCUT2D eigenvalue weighted by Crippen LogP contribution is 2.36. The number of carbonyl (C=O) groups is 1. The molecule has 0 spiro atoms. The molecule has 2 heterocycles. The molecule has 1 saturated heterocycles. The Morgan fingerprint density at radius 1 is 1.07 bits per heavy atom. The maximum atomic E-state index is 13.0. The Bertz CT molecular complexity index is 1430. The number of nitrogens with zero attached hydrogens (tertiary/aromatic N) is 2. The fourth-order valence-corrected chi connectivity index (χ4v) is 5.56. The molecule has 41 heavy (non-hydrogen) atoms. The number of pyridine rings is 1. The molecule has 2 atom stereocenters. The van der Waals surface area contributed by atoms with Crippen molar-refractivity contribution in [2.24, 2.45) is 0 Å². The molecule has 220 valence electrons. The zero-order chi connectivity index (χ0) is 29.8. The van der Waals surface area contributed by atoms with Gasteiger partial charge in [0, 0.05) is 25.2 Å². The lowest BCUT2D eigenvalue weighted by atomic mass is 9.95. The van der Waals surface area contributed by atoms with Crippen molar-refractivity contribution < 1.29 is 39.9 Å². The number of sulfone groups is 1. The van der Waals surface area contributed by atoms with Crippen LogP contribution in [0.5, 0.6) is 0 Å². The summed E-state index contributed by atoms with van der Waals surface area (Å²) in [4.78, 5) is 19.0. The Hall–Kier alpha value is -3.58. The molecule has 3 aromatic rings. The van der Waals surface area contributed by atoms with E-state index >= 15 is 0 Å². The van der Waals surface area contributed by atoms with Gasteiger partial charge in [-0.05, 0) is 53.9 Å². The number of hydrogen-bond acceptors (Lipinski definition) is 6. The van der Waals surface area contributed by atoms with Gasteiger partial charge in [0.15, 0.2) is 9.84 Å². The summed E-state index contributed by atoms with van der Waals surface area (Å²) in [6.07, 6.45) is -2.76. The number of amides is 1. The minimum atomic E-state index is -4.46. The third kappa shape index (κ3) is 7.59. The van der Waals surface area contributed by atoms with Crippen LogP contribution in [0.3, 0.4) is 0 Å². The highest BCUT2D eigenvalue weighted by Gasteiger charge is 2.36. The molecule has 1 unspecified atom stereocenters. The van der Waals surface area contributed by atoms with Crippen molar-refractivity contribution >= 4 is 21.6 Å². The van der Waals surface area contributed by atoms with E-state index in [2.05, 4.69) is 15.0 Å². The zero-order valence-electron chi connectivity index (χ0n) is 21.9. The highest BCUT2D eigenvalue weighted by molar-refractivity contribution is 7.91. The SMILES string of the molecule is CCS(=O)(=O)c1ccc(CNC(=O)c2ccc(N3CC(c4ccc(C(F)(F)F)cc4)C[C@H]3COC(F)F)nc2)cc1. The molecule has 0 saturated carbocycles. The lowest BCUT2D eigenvalue weighted by Gasteiger charge is -2.25. The highest BCUT2D eigenvalue weighted by atomic mass is 32.2. The number of alkyl halides is 5. The number of aromatic nitrogens is 1. The zero-order valence-corrected chi connectivity index (χ0v) is 22.8. The van der Waals surface area contributed by atoms with Crippen molar-refractivity contribution in [2.75, 3.05) is 23.8 Å². The molecule has 4 rings (SSSR count). The predicted molar refractivity (Wildman–Crippen MR) is 141 cm³/mol. The third-order valence-electron chi connectivity index (χ3n) is 6.96. The lowest BCUT2D eigenvalue weighted by Crippen LogP contribution is -2.34. The standard InChI is InChI=1S/C28H28F5N3O4S/c1-2-41(38,39)24-10-3-18(4-11-24)14-35-26(37)20-7-12-25(34-15-20)36-16-21(13-23(36)17-40-27(29)30)19-5-8-22(9-6-19)28(31,32)33/h3-12,15,21,23,27H,2,13-14,16-17H2,1H3,(H,35,37)/t21?,23-/m0/s1. The minimum absolute atomic E-state index is 0.0147. The van der Waals surface area contributed by atoms with Gasteiger partial charge in [-0.1, -0.05) is 31.2 Å². The van der Waals surface area contributed by atoms with E-state index in [9.17, 15) is 35.2 Å². The maximum absolute atomic E-state index is 13.0. The van der Waals surface area contributed by atoms with E-state index in [0.29, 0.717) is 29.9 Å². The molecule has 0 aliphatic carbocycles. The van der Waals surface area contributed by atoms with Gasteiger partial charge in [0.25, 0.3) is 5.91 Å². The summed E-state index contributed by atoms with van der Waals surface area (Å²) in [7, 11) is -3.32. The van der Waals surface area contributed by atoms with Crippen LogP contribution in [-0.4, -0.2) is 50.9 Å². The first kappa shape index (κ1) is 30.4. The number of halogens is 5. The Kier molecular flexibility index (Phi) is 9.27. The number of anilines is 1. The largest absolute Gasteiger partial charge is 0.416 e. The average Bonchev–Trinajstić information content (AvgIpc) is 3.39. The summed E-state index contributed by atoms with van der Waals surface area (Å²) in [5.41, 5.74) is 0.813. The summed E-state index contributed by atoms with van der Waals surface area (Å²) in [5.74, 6) is -0.270. The summed E-state index contributed by atoms with van der Waals surface area (Å²) in [5, 5.41) is 2.74. The van der Waals surface area contributed by atoms with Crippen LogP contribution in [0, 0.1) is 0 Å². The molecule has 1 N–H and O–H groups in total. The second-order valence-electron chi connectivity index (χ2n) is 9.59. The van der Waals surface area contributed by atoms with E-state index in [4.69, 9.17) is 0 Å². The van der Waals surface area contributed by atoms with E-state index in [1.54, 1.807) is 30.0 Å². The normalized spacial score (nSPS) is 17.7. The summed E-state index contributed by atoms with van der Waals surface area (Å²) < 4.78 is 92.9. The van der Waals surface area contributed by atoms with Gasteiger partial charge in [0.2, 0.25) is 0 Å². The van der Waals surface area contributed by atoms with Gasteiger partial charge >= 0.3 is 12.8 Å².